The van der Waals surface area contributed by atoms with Gasteiger partial charge in [-0.05, 0) is 31.2 Å². The molecular weight excluding hydrogens is 396 g/mol. The Balaban J connectivity index is 1.63. The molecule has 4 aromatic rings. The summed E-state index contributed by atoms with van der Waals surface area (Å²) in [5.41, 5.74) is 8.62. The molecule has 0 aliphatic heterocycles. The van der Waals surface area contributed by atoms with Gasteiger partial charge >= 0.3 is 0 Å². The van der Waals surface area contributed by atoms with E-state index in [1.165, 1.54) is 22.7 Å². The van der Waals surface area contributed by atoms with Gasteiger partial charge in [0.2, 0.25) is 0 Å². The van der Waals surface area contributed by atoms with Crippen molar-refractivity contribution in [3.05, 3.63) is 57.4 Å². The first kappa shape index (κ1) is 18.2. The average molecular weight is 412 g/mol. The van der Waals surface area contributed by atoms with Crippen molar-refractivity contribution in [2.45, 2.75) is 6.92 Å². The Morgan fingerprint density at radius 2 is 1.96 bits per heavy atom. The fourth-order valence-electron chi connectivity index (χ4n) is 2.83. The number of nitrogens with one attached hydrogen (secondary N) is 1. The molecule has 0 aliphatic carbocycles. The van der Waals surface area contributed by atoms with E-state index in [0.29, 0.717) is 21.1 Å². The maximum absolute atomic E-state index is 12.7. The number of hydrogen-bond acceptors (Lipinski definition) is 6. The number of carbonyl (C=O) groups excluding carboxylic acids is 2. The monoisotopic (exact) mass is 412 g/mol. The van der Waals surface area contributed by atoms with E-state index >= 15 is 0 Å². The number of nitrogens with two attached hydrogens (primary N) is 1. The molecule has 3 aromatic heterocycles. The molecule has 142 valence electrons. The summed E-state index contributed by atoms with van der Waals surface area (Å²) in [6.07, 6.45) is 1.90. The van der Waals surface area contributed by atoms with Gasteiger partial charge in [-0.1, -0.05) is 11.3 Å². The Hall–Kier alpha value is -3.17. The fraction of sp³-hybridized carbons (Fsp3) is 0.105. The minimum atomic E-state index is -0.571. The van der Waals surface area contributed by atoms with Crippen LogP contribution < -0.4 is 15.8 Å². The second kappa shape index (κ2) is 7.10. The van der Waals surface area contributed by atoms with Crippen LogP contribution >= 0.6 is 22.7 Å². The molecule has 0 saturated carbocycles. The van der Waals surface area contributed by atoms with Crippen LogP contribution in [0.3, 0.4) is 0 Å². The quantitative estimate of drug-likeness (QED) is 0.521. The van der Waals surface area contributed by atoms with E-state index in [-0.39, 0.29) is 5.91 Å². The summed E-state index contributed by atoms with van der Waals surface area (Å²) in [5.74, 6) is -0.0815. The SMILES string of the molecule is COc1ccc(-c2cn3c(C)c(C(=O)Nc4cscc4C(N)=O)sc3n2)cc1. The molecule has 9 heteroatoms. The highest BCUT2D eigenvalue weighted by Crippen LogP contribution is 2.29. The zero-order valence-electron chi connectivity index (χ0n) is 15.1. The van der Waals surface area contributed by atoms with E-state index < -0.39 is 5.91 Å². The van der Waals surface area contributed by atoms with Crippen molar-refractivity contribution in [3.8, 4) is 17.0 Å². The molecule has 0 fully saturated rings. The van der Waals surface area contributed by atoms with E-state index in [4.69, 9.17) is 10.5 Å². The lowest BCUT2D eigenvalue weighted by Gasteiger charge is -2.04. The van der Waals surface area contributed by atoms with Crippen LogP contribution in [0, 0.1) is 6.92 Å². The van der Waals surface area contributed by atoms with Crippen LogP contribution in [0.2, 0.25) is 0 Å². The summed E-state index contributed by atoms with van der Waals surface area (Å²) >= 11 is 2.60. The number of hydrogen-bond donors (Lipinski definition) is 2. The first-order valence-electron chi connectivity index (χ1n) is 8.28. The first-order valence-corrected chi connectivity index (χ1v) is 10.0. The lowest BCUT2D eigenvalue weighted by atomic mass is 10.2. The Morgan fingerprint density at radius 1 is 1.21 bits per heavy atom. The van der Waals surface area contributed by atoms with E-state index in [2.05, 4.69) is 10.3 Å². The number of anilines is 1. The van der Waals surface area contributed by atoms with Gasteiger partial charge in [0.05, 0.1) is 24.1 Å². The van der Waals surface area contributed by atoms with Gasteiger partial charge in [-0.3, -0.25) is 14.0 Å². The van der Waals surface area contributed by atoms with Crippen molar-refractivity contribution in [1.29, 1.82) is 0 Å². The van der Waals surface area contributed by atoms with Gasteiger partial charge in [0.1, 0.15) is 10.6 Å². The van der Waals surface area contributed by atoms with Crippen molar-refractivity contribution in [3.63, 3.8) is 0 Å². The topological polar surface area (TPSA) is 98.7 Å². The molecule has 0 unspecified atom stereocenters. The number of thiazole rings is 1. The van der Waals surface area contributed by atoms with Crippen LogP contribution in [-0.2, 0) is 0 Å². The molecule has 0 saturated heterocycles. The van der Waals surface area contributed by atoms with Gasteiger partial charge in [-0.2, -0.15) is 0 Å². The number of thiophene rings is 1. The molecule has 0 radical (unpaired) electrons. The van der Waals surface area contributed by atoms with Gasteiger partial charge in [-0.25, -0.2) is 4.98 Å². The zero-order chi connectivity index (χ0) is 19.8. The van der Waals surface area contributed by atoms with Crippen LogP contribution in [0.1, 0.15) is 25.7 Å². The van der Waals surface area contributed by atoms with Crippen LogP contribution in [0.25, 0.3) is 16.2 Å². The molecule has 28 heavy (non-hydrogen) atoms. The Morgan fingerprint density at radius 3 is 2.61 bits per heavy atom. The van der Waals surface area contributed by atoms with Gasteiger partial charge in [-0.15, -0.1) is 11.3 Å². The largest absolute Gasteiger partial charge is 0.497 e. The molecule has 3 N–H and O–H groups in total. The van der Waals surface area contributed by atoms with E-state index in [1.807, 2.05) is 41.8 Å². The summed E-state index contributed by atoms with van der Waals surface area (Å²) in [7, 11) is 1.63. The van der Waals surface area contributed by atoms with Crippen LogP contribution in [0.4, 0.5) is 5.69 Å². The van der Waals surface area contributed by atoms with Crippen molar-refractivity contribution in [2.75, 3.05) is 12.4 Å². The number of aromatic nitrogens is 2. The lowest BCUT2D eigenvalue weighted by molar-refractivity contribution is 0.100. The number of nitrogens with zero attached hydrogens (tertiary/aromatic N) is 2. The molecule has 2 amide bonds. The normalized spacial score (nSPS) is 10.9. The number of primary amides is 1. The highest BCUT2D eigenvalue weighted by molar-refractivity contribution is 7.19. The molecule has 0 aliphatic rings. The highest BCUT2D eigenvalue weighted by atomic mass is 32.1. The number of benzene rings is 1. The molecule has 1 aromatic carbocycles. The number of aryl methyl sites for hydroxylation is 1. The molecule has 0 atom stereocenters. The smallest absolute Gasteiger partial charge is 0.267 e. The van der Waals surface area contributed by atoms with Crippen molar-refractivity contribution in [1.82, 2.24) is 9.38 Å². The Bertz CT molecular complexity index is 1190. The standard InChI is InChI=1S/C19H16N4O3S2/c1-10-16(18(25)21-15-9-27-8-13(15)17(20)24)28-19-22-14(7-23(10)19)11-3-5-12(26-2)6-4-11/h3-9H,1-2H3,(H2,20,24)(H,21,25). The van der Waals surface area contributed by atoms with Crippen LogP contribution in [0.5, 0.6) is 5.75 Å². The number of imidazole rings is 1. The fourth-order valence-corrected chi connectivity index (χ4v) is 4.60. The van der Waals surface area contributed by atoms with Crippen LogP contribution in [-0.4, -0.2) is 28.3 Å². The predicted octanol–water partition coefficient (Wildman–Crippen LogP) is 3.79. The lowest BCUT2D eigenvalue weighted by Crippen LogP contribution is -2.16. The second-order valence-corrected chi connectivity index (χ2v) is 7.76. The molecule has 7 nitrogen and oxygen atoms in total. The van der Waals surface area contributed by atoms with E-state index in [1.54, 1.807) is 17.9 Å². The molecule has 0 bridgehead atoms. The number of carbonyl (C=O) groups is 2. The number of methoxy groups -OCH3 is 1. The van der Waals surface area contributed by atoms with Crippen LogP contribution in [0.15, 0.2) is 41.2 Å². The van der Waals surface area contributed by atoms with Gasteiger partial charge < -0.3 is 15.8 Å². The predicted molar refractivity (Wildman–Crippen MR) is 111 cm³/mol. The van der Waals surface area contributed by atoms with Crippen molar-refractivity contribution < 1.29 is 14.3 Å². The summed E-state index contributed by atoms with van der Waals surface area (Å²) in [5, 5.41) is 6.07. The molecular formula is C19H16N4O3S2. The van der Waals surface area contributed by atoms with Crippen molar-refractivity contribution >= 4 is 45.1 Å². The average Bonchev–Trinajstić information content (AvgIpc) is 3.38. The highest BCUT2D eigenvalue weighted by Gasteiger charge is 2.20. The van der Waals surface area contributed by atoms with E-state index in [0.717, 1.165) is 22.7 Å². The number of fused-ring (bicyclic) bond motifs is 1. The Kier molecular flexibility index (Phi) is 4.62. The molecule has 4 rings (SSSR count). The second-order valence-electron chi connectivity index (χ2n) is 6.04. The summed E-state index contributed by atoms with van der Waals surface area (Å²) < 4.78 is 7.07. The number of amides is 2. The third-order valence-corrected chi connectivity index (χ3v) is 6.22. The van der Waals surface area contributed by atoms with E-state index in [9.17, 15) is 9.59 Å². The molecule has 0 spiro atoms. The number of rotatable bonds is 5. The minimum absolute atomic E-state index is 0.292. The third-order valence-electron chi connectivity index (χ3n) is 4.32. The van der Waals surface area contributed by atoms with Gasteiger partial charge in [0.15, 0.2) is 4.96 Å². The van der Waals surface area contributed by atoms with Gasteiger partial charge in [0, 0.05) is 28.2 Å². The Labute approximate surface area is 168 Å². The summed E-state index contributed by atoms with van der Waals surface area (Å²) in [4.78, 5) is 30.0. The van der Waals surface area contributed by atoms with Gasteiger partial charge in [0.25, 0.3) is 11.8 Å². The summed E-state index contributed by atoms with van der Waals surface area (Å²) in [6.45, 7) is 1.86. The summed E-state index contributed by atoms with van der Waals surface area (Å²) in [6, 6.07) is 7.64. The third kappa shape index (κ3) is 3.14. The maximum atomic E-state index is 12.7. The van der Waals surface area contributed by atoms with Crippen molar-refractivity contribution in [2.24, 2.45) is 5.73 Å². The first-order chi connectivity index (χ1) is 13.5. The zero-order valence-corrected chi connectivity index (χ0v) is 16.7. The number of ether oxygens (including phenoxy) is 1. The maximum Gasteiger partial charge on any atom is 0.267 e. The minimum Gasteiger partial charge on any atom is -0.497 e. The molecule has 3 heterocycles.